The zero-order chi connectivity index (χ0) is 16.8. The lowest BCUT2D eigenvalue weighted by atomic mass is 10.2. The second-order valence-corrected chi connectivity index (χ2v) is 6.22. The van der Waals surface area contributed by atoms with Crippen LogP contribution in [0.25, 0.3) is 0 Å². The summed E-state index contributed by atoms with van der Waals surface area (Å²) in [6.07, 6.45) is 0.412. The standard InChI is InChI=1S/C17H23ClN2O3/c1-13(2)20(15-8-9-19(11-15)16(21)10-18)17(22)23-12-14-6-4-3-5-7-14/h3-7,13,15H,8-12H2,1-2H3/t15-/m0/s1. The number of likely N-dealkylation sites (tertiary alicyclic amines) is 1. The van der Waals surface area contributed by atoms with Crippen LogP contribution >= 0.6 is 11.6 Å². The van der Waals surface area contributed by atoms with E-state index in [0.29, 0.717) is 13.1 Å². The number of nitrogens with zero attached hydrogens (tertiary/aromatic N) is 2. The molecule has 1 aromatic carbocycles. The van der Waals surface area contributed by atoms with E-state index in [1.165, 1.54) is 0 Å². The van der Waals surface area contributed by atoms with Gasteiger partial charge in [0.15, 0.2) is 0 Å². The number of carbonyl (C=O) groups excluding carboxylic acids is 2. The lowest BCUT2D eigenvalue weighted by Gasteiger charge is -2.31. The number of rotatable bonds is 5. The molecule has 0 aromatic heterocycles. The molecule has 1 atom stereocenters. The summed E-state index contributed by atoms with van der Waals surface area (Å²) in [7, 11) is 0. The van der Waals surface area contributed by atoms with Crippen LogP contribution in [0.15, 0.2) is 30.3 Å². The summed E-state index contributed by atoms with van der Waals surface area (Å²) in [5, 5.41) is 0. The molecular formula is C17H23ClN2O3. The molecule has 1 aliphatic rings. The third-order valence-electron chi connectivity index (χ3n) is 4.00. The number of benzene rings is 1. The molecule has 1 aliphatic heterocycles. The molecule has 1 heterocycles. The first-order valence-corrected chi connectivity index (χ1v) is 8.39. The van der Waals surface area contributed by atoms with E-state index in [0.717, 1.165) is 12.0 Å². The Morgan fingerprint density at radius 3 is 2.65 bits per heavy atom. The monoisotopic (exact) mass is 338 g/mol. The van der Waals surface area contributed by atoms with Gasteiger partial charge in [0.25, 0.3) is 0 Å². The number of hydrogen-bond donors (Lipinski definition) is 0. The molecule has 1 aromatic rings. The fourth-order valence-corrected chi connectivity index (χ4v) is 3.02. The van der Waals surface area contributed by atoms with Crippen molar-refractivity contribution in [3.8, 4) is 0 Å². The quantitative estimate of drug-likeness (QED) is 0.776. The Hall–Kier alpha value is -1.75. The average molecular weight is 339 g/mol. The number of amides is 2. The molecule has 0 spiro atoms. The van der Waals surface area contributed by atoms with Crippen LogP contribution in [0, 0.1) is 0 Å². The van der Waals surface area contributed by atoms with Gasteiger partial charge in [-0.05, 0) is 25.8 Å². The van der Waals surface area contributed by atoms with E-state index in [1.54, 1.807) is 9.80 Å². The largest absolute Gasteiger partial charge is 0.445 e. The Morgan fingerprint density at radius 1 is 1.35 bits per heavy atom. The third kappa shape index (κ3) is 4.61. The van der Waals surface area contributed by atoms with Gasteiger partial charge in [0.2, 0.25) is 5.91 Å². The average Bonchev–Trinajstić information content (AvgIpc) is 3.02. The van der Waals surface area contributed by atoms with Gasteiger partial charge in [-0.3, -0.25) is 4.79 Å². The summed E-state index contributed by atoms with van der Waals surface area (Å²) in [5.41, 5.74) is 0.954. The molecule has 1 saturated heterocycles. The van der Waals surface area contributed by atoms with Crippen molar-refractivity contribution in [2.75, 3.05) is 19.0 Å². The Balaban J connectivity index is 1.95. The maximum Gasteiger partial charge on any atom is 0.410 e. The van der Waals surface area contributed by atoms with E-state index < -0.39 is 0 Å². The first kappa shape index (κ1) is 17.6. The maximum atomic E-state index is 12.5. The minimum atomic E-state index is -0.339. The van der Waals surface area contributed by atoms with Crippen molar-refractivity contribution in [2.45, 2.75) is 39.0 Å². The van der Waals surface area contributed by atoms with Gasteiger partial charge in [-0.25, -0.2) is 4.79 Å². The van der Waals surface area contributed by atoms with Crippen LogP contribution in [0.4, 0.5) is 4.79 Å². The normalized spacial score (nSPS) is 17.4. The highest BCUT2D eigenvalue weighted by atomic mass is 35.5. The minimum Gasteiger partial charge on any atom is -0.445 e. The van der Waals surface area contributed by atoms with Crippen LogP contribution in [0.5, 0.6) is 0 Å². The Morgan fingerprint density at radius 2 is 2.04 bits per heavy atom. The molecule has 0 unspecified atom stereocenters. The topological polar surface area (TPSA) is 49.9 Å². The van der Waals surface area contributed by atoms with Gasteiger partial charge in [-0.1, -0.05) is 30.3 Å². The van der Waals surface area contributed by atoms with E-state index in [1.807, 2.05) is 44.2 Å². The molecule has 126 valence electrons. The number of ether oxygens (including phenoxy) is 1. The zero-order valence-corrected chi connectivity index (χ0v) is 14.3. The van der Waals surface area contributed by atoms with Crippen LogP contribution in [0.1, 0.15) is 25.8 Å². The van der Waals surface area contributed by atoms with Crippen LogP contribution in [-0.2, 0) is 16.1 Å². The summed E-state index contributed by atoms with van der Waals surface area (Å²) in [6.45, 7) is 5.31. The number of hydrogen-bond acceptors (Lipinski definition) is 3. The van der Waals surface area contributed by atoms with E-state index >= 15 is 0 Å². The molecular weight excluding hydrogens is 316 g/mol. The van der Waals surface area contributed by atoms with Gasteiger partial charge in [0.05, 0.1) is 6.04 Å². The molecule has 0 saturated carbocycles. The van der Waals surface area contributed by atoms with Gasteiger partial charge >= 0.3 is 6.09 Å². The summed E-state index contributed by atoms with van der Waals surface area (Å²) >= 11 is 5.61. The molecule has 0 aliphatic carbocycles. The fourth-order valence-electron chi connectivity index (χ4n) is 2.86. The van der Waals surface area contributed by atoms with E-state index in [-0.39, 0.29) is 36.6 Å². The maximum absolute atomic E-state index is 12.5. The number of alkyl halides is 1. The number of carbonyl (C=O) groups is 2. The third-order valence-corrected chi connectivity index (χ3v) is 4.22. The van der Waals surface area contributed by atoms with Crippen molar-refractivity contribution in [1.29, 1.82) is 0 Å². The molecule has 23 heavy (non-hydrogen) atoms. The Bertz CT molecular complexity index is 536. The second kappa shape index (κ2) is 8.20. The van der Waals surface area contributed by atoms with Crippen molar-refractivity contribution in [1.82, 2.24) is 9.80 Å². The molecule has 0 radical (unpaired) electrons. The Kier molecular flexibility index (Phi) is 6.28. The summed E-state index contributed by atoms with van der Waals surface area (Å²) in [6, 6.07) is 9.57. The van der Waals surface area contributed by atoms with E-state index in [2.05, 4.69) is 0 Å². The van der Waals surface area contributed by atoms with Gasteiger partial charge < -0.3 is 14.5 Å². The van der Waals surface area contributed by atoms with Gasteiger partial charge in [-0.15, -0.1) is 11.6 Å². The molecule has 1 fully saturated rings. The summed E-state index contributed by atoms with van der Waals surface area (Å²) in [5.74, 6) is -0.108. The highest BCUT2D eigenvalue weighted by molar-refractivity contribution is 6.27. The molecule has 2 rings (SSSR count). The molecule has 2 amide bonds. The lowest BCUT2D eigenvalue weighted by Crippen LogP contribution is -2.46. The van der Waals surface area contributed by atoms with Gasteiger partial charge in [0.1, 0.15) is 12.5 Å². The lowest BCUT2D eigenvalue weighted by molar-refractivity contribution is -0.127. The van der Waals surface area contributed by atoms with Crippen molar-refractivity contribution >= 4 is 23.6 Å². The first-order valence-electron chi connectivity index (χ1n) is 7.85. The smallest absolute Gasteiger partial charge is 0.410 e. The molecule has 6 heteroatoms. The van der Waals surface area contributed by atoms with Gasteiger partial charge in [0, 0.05) is 19.1 Å². The van der Waals surface area contributed by atoms with Crippen molar-refractivity contribution in [3.63, 3.8) is 0 Å². The molecule has 5 nitrogen and oxygen atoms in total. The van der Waals surface area contributed by atoms with Crippen molar-refractivity contribution in [2.24, 2.45) is 0 Å². The van der Waals surface area contributed by atoms with E-state index in [4.69, 9.17) is 16.3 Å². The second-order valence-electron chi connectivity index (χ2n) is 5.96. The highest BCUT2D eigenvalue weighted by Crippen LogP contribution is 2.20. The Labute approximate surface area is 142 Å². The predicted molar refractivity (Wildman–Crippen MR) is 89.3 cm³/mol. The minimum absolute atomic E-state index is 0.00864. The van der Waals surface area contributed by atoms with Crippen molar-refractivity contribution in [3.05, 3.63) is 35.9 Å². The van der Waals surface area contributed by atoms with Crippen LogP contribution in [0.2, 0.25) is 0 Å². The van der Waals surface area contributed by atoms with Gasteiger partial charge in [-0.2, -0.15) is 0 Å². The van der Waals surface area contributed by atoms with Crippen molar-refractivity contribution < 1.29 is 14.3 Å². The zero-order valence-electron chi connectivity index (χ0n) is 13.6. The van der Waals surface area contributed by atoms with Crippen LogP contribution in [0.3, 0.4) is 0 Å². The summed E-state index contributed by atoms with van der Waals surface area (Å²) in [4.78, 5) is 27.6. The van der Waals surface area contributed by atoms with E-state index in [9.17, 15) is 9.59 Å². The molecule has 0 bridgehead atoms. The highest BCUT2D eigenvalue weighted by Gasteiger charge is 2.34. The molecule has 0 N–H and O–H groups in total. The summed E-state index contributed by atoms with van der Waals surface area (Å²) < 4.78 is 5.44. The fraction of sp³-hybridized carbons (Fsp3) is 0.529. The SMILES string of the molecule is CC(C)N(C(=O)OCc1ccccc1)[C@H]1CCN(C(=O)CCl)C1. The van der Waals surface area contributed by atoms with Crippen LogP contribution < -0.4 is 0 Å². The number of halogens is 1. The van der Waals surface area contributed by atoms with Crippen LogP contribution in [-0.4, -0.2) is 52.9 Å². The predicted octanol–water partition coefficient (Wildman–Crippen LogP) is 2.87. The first-order chi connectivity index (χ1) is 11.0.